The van der Waals surface area contributed by atoms with E-state index in [0.29, 0.717) is 24.7 Å². The summed E-state index contributed by atoms with van der Waals surface area (Å²) < 4.78 is 37.3. The maximum absolute atomic E-state index is 12.1. The molecule has 0 bridgehead atoms. The predicted octanol–water partition coefficient (Wildman–Crippen LogP) is 0.564. The Morgan fingerprint density at radius 3 is 2.60 bits per heavy atom. The third-order valence-electron chi connectivity index (χ3n) is 2.72. The molecule has 0 radical (unpaired) electrons. The first-order valence-electron chi connectivity index (χ1n) is 5.76. The Balaban J connectivity index is 1.95. The lowest BCUT2D eigenvalue weighted by Crippen LogP contribution is -2.18. The van der Waals surface area contributed by atoms with Crippen molar-refractivity contribution in [2.75, 3.05) is 23.7 Å². The van der Waals surface area contributed by atoms with Crippen molar-refractivity contribution < 1.29 is 17.9 Å². The highest BCUT2D eigenvalue weighted by Crippen LogP contribution is 2.37. The van der Waals surface area contributed by atoms with Crippen molar-refractivity contribution in [2.24, 2.45) is 0 Å². The molecule has 9 heteroatoms. The van der Waals surface area contributed by atoms with Crippen LogP contribution in [0.15, 0.2) is 29.7 Å². The van der Waals surface area contributed by atoms with Gasteiger partial charge in [-0.05, 0) is 0 Å². The van der Waals surface area contributed by atoms with Crippen LogP contribution in [0.3, 0.4) is 0 Å². The van der Waals surface area contributed by atoms with Crippen LogP contribution in [-0.2, 0) is 10.0 Å². The smallest absolute Gasteiger partial charge is 0.279 e. The molecular formula is C11H12N4O4S. The Bertz CT molecular complexity index is 727. The van der Waals surface area contributed by atoms with Crippen molar-refractivity contribution in [3.8, 4) is 11.5 Å². The van der Waals surface area contributed by atoms with Gasteiger partial charge >= 0.3 is 0 Å². The van der Waals surface area contributed by atoms with Gasteiger partial charge in [0.25, 0.3) is 10.0 Å². The molecular weight excluding hydrogens is 284 g/mol. The lowest BCUT2D eigenvalue weighted by Gasteiger charge is -2.20. The van der Waals surface area contributed by atoms with Crippen LogP contribution in [0.25, 0.3) is 0 Å². The molecule has 0 fully saturated rings. The summed E-state index contributed by atoms with van der Waals surface area (Å²) in [5, 5.41) is -0.0493. The van der Waals surface area contributed by atoms with Gasteiger partial charge in [-0.2, -0.15) is 8.42 Å². The summed E-state index contributed by atoms with van der Waals surface area (Å²) in [5.41, 5.74) is 6.29. The summed E-state index contributed by atoms with van der Waals surface area (Å²) in [6.45, 7) is 0.843. The molecule has 4 N–H and O–H groups in total. The van der Waals surface area contributed by atoms with E-state index in [1.165, 1.54) is 24.7 Å². The maximum atomic E-state index is 12.1. The SMILES string of the molecule is Nc1cc2c(cc1NS(=O)(=O)c1cnc[nH]1)OCCO2. The van der Waals surface area contributed by atoms with Gasteiger partial charge in [0.1, 0.15) is 13.2 Å². The van der Waals surface area contributed by atoms with Gasteiger partial charge in [0, 0.05) is 12.1 Å². The molecule has 0 aliphatic carbocycles. The fourth-order valence-corrected chi connectivity index (χ4v) is 2.77. The van der Waals surface area contributed by atoms with E-state index < -0.39 is 10.0 Å². The number of ether oxygens (including phenoxy) is 2. The number of anilines is 2. The molecule has 0 amide bonds. The molecule has 0 unspecified atom stereocenters. The molecule has 0 saturated heterocycles. The van der Waals surface area contributed by atoms with E-state index in [-0.39, 0.29) is 16.4 Å². The van der Waals surface area contributed by atoms with Crippen molar-refractivity contribution in [3.05, 3.63) is 24.7 Å². The van der Waals surface area contributed by atoms with E-state index in [1.807, 2.05) is 0 Å². The minimum atomic E-state index is -3.76. The molecule has 0 atom stereocenters. The average Bonchev–Trinajstić information content (AvgIpc) is 2.94. The number of rotatable bonds is 3. The molecule has 106 valence electrons. The Kier molecular flexibility index (Phi) is 2.90. The first-order chi connectivity index (χ1) is 9.56. The second kappa shape index (κ2) is 4.60. The van der Waals surface area contributed by atoms with Crippen molar-refractivity contribution in [2.45, 2.75) is 5.03 Å². The number of nitrogens with two attached hydrogens (primary N) is 1. The van der Waals surface area contributed by atoms with E-state index in [9.17, 15) is 8.42 Å². The summed E-state index contributed by atoms with van der Waals surface area (Å²) in [6.07, 6.45) is 2.48. The van der Waals surface area contributed by atoms with Crippen LogP contribution in [0.4, 0.5) is 11.4 Å². The number of sulfonamides is 1. The van der Waals surface area contributed by atoms with E-state index in [1.54, 1.807) is 0 Å². The first-order valence-corrected chi connectivity index (χ1v) is 7.25. The lowest BCUT2D eigenvalue weighted by atomic mass is 10.2. The van der Waals surface area contributed by atoms with Gasteiger partial charge in [0.15, 0.2) is 16.5 Å². The zero-order valence-corrected chi connectivity index (χ0v) is 11.1. The number of hydrogen-bond donors (Lipinski definition) is 3. The van der Waals surface area contributed by atoms with Crippen LogP contribution in [-0.4, -0.2) is 31.6 Å². The van der Waals surface area contributed by atoms with E-state index >= 15 is 0 Å². The minimum absolute atomic E-state index is 0.0493. The minimum Gasteiger partial charge on any atom is -0.486 e. The molecule has 20 heavy (non-hydrogen) atoms. The van der Waals surface area contributed by atoms with Gasteiger partial charge in [0.2, 0.25) is 0 Å². The van der Waals surface area contributed by atoms with Gasteiger partial charge in [-0.25, -0.2) is 4.98 Å². The molecule has 3 rings (SSSR count). The molecule has 1 aromatic carbocycles. The Morgan fingerprint density at radius 2 is 1.95 bits per heavy atom. The number of nitrogens with zero attached hydrogens (tertiary/aromatic N) is 1. The average molecular weight is 296 g/mol. The third kappa shape index (κ3) is 2.23. The topological polar surface area (TPSA) is 119 Å². The number of fused-ring (bicyclic) bond motifs is 1. The number of aromatic amines is 1. The van der Waals surface area contributed by atoms with Crippen molar-refractivity contribution in [1.29, 1.82) is 0 Å². The van der Waals surface area contributed by atoms with E-state index in [0.717, 1.165) is 0 Å². The summed E-state index contributed by atoms with van der Waals surface area (Å²) >= 11 is 0. The summed E-state index contributed by atoms with van der Waals surface area (Å²) in [6, 6.07) is 3.02. The summed E-state index contributed by atoms with van der Waals surface area (Å²) in [5.74, 6) is 0.950. The van der Waals surface area contributed by atoms with E-state index in [2.05, 4.69) is 14.7 Å². The van der Waals surface area contributed by atoms with Gasteiger partial charge in [-0.3, -0.25) is 4.72 Å². The van der Waals surface area contributed by atoms with Crippen molar-refractivity contribution in [1.82, 2.24) is 9.97 Å². The van der Waals surface area contributed by atoms with Gasteiger partial charge in [-0.15, -0.1) is 0 Å². The number of nitrogen functional groups attached to an aromatic ring is 1. The first kappa shape index (κ1) is 12.6. The zero-order chi connectivity index (χ0) is 14.2. The van der Waals surface area contributed by atoms with Crippen molar-refractivity contribution in [3.63, 3.8) is 0 Å². The zero-order valence-electron chi connectivity index (χ0n) is 10.3. The Hall–Kier alpha value is -2.42. The fourth-order valence-electron chi connectivity index (χ4n) is 1.78. The molecule has 1 aliphatic rings. The Labute approximate surface area is 115 Å². The van der Waals surface area contributed by atoms with Crippen LogP contribution in [0, 0.1) is 0 Å². The number of H-pyrrole nitrogens is 1. The maximum Gasteiger partial charge on any atom is 0.279 e. The van der Waals surface area contributed by atoms with Crippen LogP contribution >= 0.6 is 0 Å². The second-order valence-corrected chi connectivity index (χ2v) is 5.76. The molecule has 1 aromatic heterocycles. The second-order valence-electron chi connectivity index (χ2n) is 4.10. The van der Waals surface area contributed by atoms with Crippen molar-refractivity contribution >= 4 is 21.4 Å². The highest BCUT2D eigenvalue weighted by molar-refractivity contribution is 7.92. The number of hydrogen-bond acceptors (Lipinski definition) is 6. The molecule has 0 saturated carbocycles. The molecule has 2 aromatic rings. The van der Waals surface area contributed by atoms with Crippen LogP contribution in [0.2, 0.25) is 0 Å². The van der Waals surface area contributed by atoms with Gasteiger partial charge in [0.05, 0.1) is 23.9 Å². The highest BCUT2D eigenvalue weighted by atomic mass is 32.2. The lowest BCUT2D eigenvalue weighted by molar-refractivity contribution is 0.172. The predicted molar refractivity (Wildman–Crippen MR) is 71.2 cm³/mol. The number of nitrogens with one attached hydrogen (secondary N) is 2. The standard InChI is InChI=1S/C11H12N4O4S/c12-7-3-9-10(19-2-1-18-9)4-8(7)15-20(16,17)11-5-13-6-14-11/h3-6,15H,1-2,12H2,(H,13,14). The molecule has 8 nitrogen and oxygen atoms in total. The Morgan fingerprint density at radius 1 is 1.25 bits per heavy atom. The quantitative estimate of drug-likeness (QED) is 0.712. The third-order valence-corrected chi connectivity index (χ3v) is 4.01. The fraction of sp³-hybridized carbons (Fsp3) is 0.182. The van der Waals surface area contributed by atoms with Crippen LogP contribution < -0.4 is 19.9 Å². The number of imidazole rings is 1. The normalized spacial score (nSPS) is 14.0. The van der Waals surface area contributed by atoms with Crippen LogP contribution in [0.1, 0.15) is 0 Å². The molecule has 0 spiro atoms. The highest BCUT2D eigenvalue weighted by Gasteiger charge is 2.20. The molecule has 2 heterocycles. The number of benzene rings is 1. The molecule has 1 aliphatic heterocycles. The largest absolute Gasteiger partial charge is 0.486 e. The summed E-state index contributed by atoms with van der Waals surface area (Å²) in [7, 11) is -3.76. The number of aromatic nitrogens is 2. The van der Waals surface area contributed by atoms with Gasteiger partial charge in [-0.1, -0.05) is 0 Å². The van der Waals surface area contributed by atoms with Gasteiger partial charge < -0.3 is 20.2 Å². The summed E-state index contributed by atoms with van der Waals surface area (Å²) in [4.78, 5) is 6.19. The van der Waals surface area contributed by atoms with E-state index in [4.69, 9.17) is 15.2 Å². The monoisotopic (exact) mass is 296 g/mol. The van der Waals surface area contributed by atoms with Crippen LogP contribution in [0.5, 0.6) is 11.5 Å².